The molecule has 0 spiro atoms. The molecule has 0 heterocycles. The van der Waals surface area contributed by atoms with E-state index in [1.807, 2.05) is 0 Å². The minimum absolute atomic E-state index is 0.104. The second kappa shape index (κ2) is 65.7. The predicted octanol–water partition coefficient (Wildman–Crippen LogP) is 21.8. The van der Waals surface area contributed by atoms with Crippen LogP contribution in [0, 0.1) is 17.8 Å². The van der Waals surface area contributed by atoms with Crippen molar-refractivity contribution in [2.45, 2.75) is 401 Å². The van der Waals surface area contributed by atoms with E-state index in [9.17, 15) is 43.2 Å². The second-order valence-corrected chi connectivity index (χ2v) is 31.4. The van der Waals surface area contributed by atoms with Gasteiger partial charge in [-0.1, -0.05) is 331 Å². The van der Waals surface area contributed by atoms with Crippen molar-refractivity contribution in [3.63, 3.8) is 0 Å². The van der Waals surface area contributed by atoms with E-state index in [-0.39, 0.29) is 25.7 Å². The van der Waals surface area contributed by atoms with Gasteiger partial charge >= 0.3 is 39.5 Å². The molecule has 17 nitrogen and oxygen atoms in total. The zero-order valence-corrected chi connectivity index (χ0v) is 63.2. The van der Waals surface area contributed by atoms with Crippen molar-refractivity contribution in [3.05, 3.63) is 0 Å². The minimum Gasteiger partial charge on any atom is -0.462 e. The molecule has 0 bridgehead atoms. The number of phosphoric ester groups is 2. The summed E-state index contributed by atoms with van der Waals surface area (Å²) in [7, 11) is -9.90. The van der Waals surface area contributed by atoms with Crippen molar-refractivity contribution in [1.82, 2.24) is 0 Å². The lowest BCUT2D eigenvalue weighted by Crippen LogP contribution is -2.30. The molecule has 0 aromatic rings. The maximum Gasteiger partial charge on any atom is 0.472 e. The van der Waals surface area contributed by atoms with Gasteiger partial charge in [0.2, 0.25) is 0 Å². The lowest BCUT2D eigenvalue weighted by Gasteiger charge is -2.21. The van der Waals surface area contributed by atoms with Gasteiger partial charge in [0, 0.05) is 25.7 Å². The minimum atomic E-state index is -4.96. The smallest absolute Gasteiger partial charge is 0.462 e. The average Bonchev–Trinajstić information content (AvgIpc) is 1.29. The Kier molecular flexibility index (Phi) is 64.3. The van der Waals surface area contributed by atoms with E-state index >= 15 is 0 Å². The topological polar surface area (TPSA) is 237 Å². The lowest BCUT2D eigenvalue weighted by molar-refractivity contribution is -0.161. The molecule has 0 saturated carbocycles. The molecule has 0 fully saturated rings. The second-order valence-electron chi connectivity index (χ2n) is 28.5. The highest BCUT2D eigenvalue weighted by atomic mass is 31.2. The van der Waals surface area contributed by atoms with Crippen LogP contribution in [-0.2, 0) is 65.4 Å². The molecule has 94 heavy (non-hydrogen) atoms. The van der Waals surface area contributed by atoms with E-state index in [0.29, 0.717) is 25.7 Å². The monoisotopic (exact) mass is 1380 g/mol. The first-order chi connectivity index (χ1) is 45.2. The maximum absolute atomic E-state index is 13.1. The molecule has 0 amide bonds. The highest BCUT2D eigenvalue weighted by Crippen LogP contribution is 2.45. The molecule has 3 N–H and O–H groups in total. The normalized spacial score (nSPS) is 14.1. The summed E-state index contributed by atoms with van der Waals surface area (Å²) < 4.78 is 68.2. The fourth-order valence-corrected chi connectivity index (χ4v) is 13.0. The molecule has 0 aromatic heterocycles. The first-order valence-electron chi connectivity index (χ1n) is 38.8. The van der Waals surface area contributed by atoms with Crippen molar-refractivity contribution in [2.24, 2.45) is 17.8 Å². The van der Waals surface area contributed by atoms with Crippen LogP contribution < -0.4 is 0 Å². The Balaban J connectivity index is 5.14. The number of carbonyl (C=O) groups is 4. The number of ether oxygens (including phenoxy) is 4. The molecule has 0 saturated heterocycles. The maximum atomic E-state index is 13.1. The molecular formula is C75H146O17P2. The average molecular weight is 1380 g/mol. The third-order valence-electron chi connectivity index (χ3n) is 17.4. The Morgan fingerprint density at radius 2 is 0.489 bits per heavy atom. The predicted molar refractivity (Wildman–Crippen MR) is 381 cm³/mol. The summed E-state index contributed by atoms with van der Waals surface area (Å²) >= 11 is 0. The molecular weight excluding hydrogens is 1230 g/mol. The third-order valence-corrected chi connectivity index (χ3v) is 19.3. The van der Waals surface area contributed by atoms with Crippen LogP contribution in [0.2, 0.25) is 0 Å². The van der Waals surface area contributed by atoms with E-state index in [2.05, 4.69) is 48.5 Å². The fourth-order valence-electron chi connectivity index (χ4n) is 11.4. The van der Waals surface area contributed by atoms with Crippen molar-refractivity contribution >= 4 is 39.5 Å². The van der Waals surface area contributed by atoms with Crippen LogP contribution >= 0.6 is 15.6 Å². The fraction of sp³-hybridized carbons (Fsp3) is 0.947. The molecule has 0 aliphatic heterocycles. The van der Waals surface area contributed by atoms with Crippen molar-refractivity contribution in [3.8, 4) is 0 Å². The van der Waals surface area contributed by atoms with Crippen LogP contribution in [0.5, 0.6) is 0 Å². The highest BCUT2D eigenvalue weighted by molar-refractivity contribution is 7.47. The zero-order chi connectivity index (χ0) is 69.4. The number of aliphatic hydroxyl groups is 1. The summed E-state index contributed by atoms with van der Waals surface area (Å²) in [6.45, 7) is 11.8. The number of aliphatic hydroxyl groups excluding tert-OH is 1. The number of carbonyl (C=O) groups excluding carboxylic acids is 4. The number of esters is 4. The van der Waals surface area contributed by atoms with Gasteiger partial charge in [-0.3, -0.25) is 37.3 Å². The number of hydrogen-bond donors (Lipinski definition) is 3. The van der Waals surface area contributed by atoms with Crippen molar-refractivity contribution in [1.29, 1.82) is 0 Å². The zero-order valence-electron chi connectivity index (χ0n) is 61.4. The molecule has 19 heteroatoms. The molecule has 0 aliphatic rings. The van der Waals surface area contributed by atoms with Crippen molar-refractivity contribution < 1.29 is 80.2 Å². The quantitative estimate of drug-likeness (QED) is 0.0222. The summed E-state index contributed by atoms with van der Waals surface area (Å²) in [6, 6.07) is 0. The molecule has 2 unspecified atom stereocenters. The van der Waals surface area contributed by atoms with Crippen LogP contribution in [0.4, 0.5) is 0 Å². The van der Waals surface area contributed by atoms with Crippen LogP contribution in [0.25, 0.3) is 0 Å². The van der Waals surface area contributed by atoms with Crippen molar-refractivity contribution in [2.75, 3.05) is 39.6 Å². The summed E-state index contributed by atoms with van der Waals surface area (Å²) in [5.74, 6) is 0.221. The number of rotatable bonds is 73. The van der Waals surface area contributed by atoms with E-state index in [0.717, 1.165) is 114 Å². The Morgan fingerprint density at radius 3 is 0.723 bits per heavy atom. The highest BCUT2D eigenvalue weighted by Gasteiger charge is 2.30. The Labute approximate surface area is 575 Å². The van der Waals surface area contributed by atoms with Crippen LogP contribution in [0.15, 0.2) is 0 Å². The van der Waals surface area contributed by atoms with Gasteiger partial charge in [0.15, 0.2) is 12.2 Å². The van der Waals surface area contributed by atoms with Gasteiger partial charge in [-0.25, -0.2) is 9.13 Å². The van der Waals surface area contributed by atoms with E-state index in [1.54, 1.807) is 0 Å². The van der Waals surface area contributed by atoms with Gasteiger partial charge in [0.1, 0.15) is 19.3 Å². The Morgan fingerprint density at radius 1 is 0.287 bits per heavy atom. The molecule has 0 aliphatic carbocycles. The van der Waals surface area contributed by atoms with E-state index < -0.39 is 97.5 Å². The Hall–Kier alpha value is -1.94. The largest absolute Gasteiger partial charge is 0.472 e. The van der Waals surface area contributed by atoms with Crippen LogP contribution in [-0.4, -0.2) is 96.7 Å². The van der Waals surface area contributed by atoms with E-state index in [4.69, 9.17) is 37.0 Å². The molecule has 5 atom stereocenters. The SMILES string of the molecule is CCCCCCCC(=O)OC[C@H](COP(=O)(O)OC[C@H](O)COP(=O)(O)OC[C@@H](COC(=O)CCCCCCCCCCCCCCCCCC(C)C)OC(=O)CCCCCCCCCCCCCCCCCCC(C)C)OC(=O)CCCCCCCCCCCC(C)C. The summed E-state index contributed by atoms with van der Waals surface area (Å²) in [6.07, 6.45) is 51.8. The Bertz CT molecular complexity index is 1840. The summed E-state index contributed by atoms with van der Waals surface area (Å²) in [5, 5.41) is 10.6. The standard InChI is InChI=1S/C75H146O17P2/c1-8-9-10-39-49-56-72(77)85-62-70(91-75(80)59-52-45-38-32-26-29-35-42-48-55-68(6)7)64-89-93(81,82)87-60-69(76)61-88-94(83,84)90-65-71(63-86-73(78)57-50-43-36-30-24-20-17-13-15-19-23-28-34-41-47-54-67(4)5)92-74(79)58-51-44-37-31-25-21-16-12-11-14-18-22-27-33-40-46-53-66(2)3/h66-71,76H,8-65H2,1-7H3,(H,81,82)(H,83,84)/t69-,70+,71+/m0/s1. The van der Waals surface area contributed by atoms with Crippen LogP contribution in [0.3, 0.4) is 0 Å². The molecule has 0 radical (unpaired) electrons. The van der Waals surface area contributed by atoms with Gasteiger partial charge in [0.05, 0.1) is 26.4 Å². The molecule has 0 rings (SSSR count). The summed E-state index contributed by atoms with van der Waals surface area (Å²) in [4.78, 5) is 72.5. The summed E-state index contributed by atoms with van der Waals surface area (Å²) in [5.41, 5.74) is 0. The van der Waals surface area contributed by atoms with Gasteiger partial charge in [-0.05, 0) is 43.4 Å². The number of phosphoric acid groups is 2. The van der Waals surface area contributed by atoms with Crippen LogP contribution in [0.1, 0.15) is 382 Å². The molecule has 558 valence electrons. The third kappa shape index (κ3) is 68.6. The van der Waals surface area contributed by atoms with Gasteiger partial charge in [-0.15, -0.1) is 0 Å². The first kappa shape index (κ1) is 92.1. The molecule has 0 aromatic carbocycles. The van der Waals surface area contributed by atoms with Gasteiger partial charge in [-0.2, -0.15) is 0 Å². The number of unbranched alkanes of at least 4 members (excludes halogenated alkanes) is 41. The van der Waals surface area contributed by atoms with E-state index in [1.165, 1.54) is 186 Å². The van der Waals surface area contributed by atoms with Gasteiger partial charge < -0.3 is 33.8 Å². The first-order valence-corrected chi connectivity index (χ1v) is 41.8. The van der Waals surface area contributed by atoms with Gasteiger partial charge in [0.25, 0.3) is 0 Å². The number of hydrogen-bond acceptors (Lipinski definition) is 15. The lowest BCUT2D eigenvalue weighted by atomic mass is 10.0.